The number of anilines is 1. The lowest BCUT2D eigenvalue weighted by Gasteiger charge is -2.15. The molecule has 1 aromatic carbocycles. The molecule has 7 heteroatoms. The van der Waals surface area contributed by atoms with Gasteiger partial charge in [0.25, 0.3) is 0 Å². The first-order valence-corrected chi connectivity index (χ1v) is 8.29. The van der Waals surface area contributed by atoms with Crippen molar-refractivity contribution in [3.63, 3.8) is 0 Å². The van der Waals surface area contributed by atoms with Gasteiger partial charge in [0.05, 0.1) is 17.8 Å². The molecule has 0 radical (unpaired) electrons. The predicted molar refractivity (Wildman–Crippen MR) is 89.1 cm³/mol. The molecule has 0 spiro atoms. The number of halogens is 4. The Morgan fingerprint density at radius 3 is 2.71 bits per heavy atom. The van der Waals surface area contributed by atoms with Crippen LogP contribution in [0.1, 0.15) is 37.7 Å². The van der Waals surface area contributed by atoms with E-state index < -0.39 is 17.6 Å². The molecular formula is C17H20ClF3N2O. The van der Waals surface area contributed by atoms with E-state index in [9.17, 15) is 18.0 Å². The zero-order valence-electron chi connectivity index (χ0n) is 13.2. The molecule has 0 heterocycles. The van der Waals surface area contributed by atoms with Crippen molar-refractivity contribution in [2.24, 2.45) is 0 Å². The minimum absolute atomic E-state index is 0.0285. The number of hydrogen-bond acceptors (Lipinski definition) is 2. The number of alkyl halides is 3. The van der Waals surface area contributed by atoms with Gasteiger partial charge in [-0.25, -0.2) is 0 Å². The van der Waals surface area contributed by atoms with Gasteiger partial charge >= 0.3 is 6.18 Å². The summed E-state index contributed by atoms with van der Waals surface area (Å²) in [6, 6.07) is 3.28. The normalized spacial score (nSPS) is 15.1. The Bertz CT molecular complexity index is 614. The molecule has 3 nitrogen and oxygen atoms in total. The summed E-state index contributed by atoms with van der Waals surface area (Å²) in [6.07, 6.45) is 3.14. The molecule has 0 saturated carbocycles. The van der Waals surface area contributed by atoms with Crippen molar-refractivity contribution in [2.45, 2.75) is 38.3 Å². The number of allylic oxidation sites excluding steroid dienone is 1. The number of hydrogen-bond donors (Lipinski definition) is 2. The van der Waals surface area contributed by atoms with Crippen LogP contribution in [0.5, 0.6) is 0 Å². The Morgan fingerprint density at radius 2 is 2.04 bits per heavy atom. The number of nitrogens with one attached hydrogen (secondary N) is 2. The Hall–Kier alpha value is -1.53. The first kappa shape index (κ1) is 18.8. The Balaban J connectivity index is 1.83. The molecule has 1 aromatic rings. The highest BCUT2D eigenvalue weighted by molar-refractivity contribution is 6.30. The molecule has 0 fully saturated rings. The fourth-order valence-corrected chi connectivity index (χ4v) is 2.81. The van der Waals surface area contributed by atoms with Gasteiger partial charge in [-0.15, -0.1) is 0 Å². The molecule has 0 aromatic heterocycles. The molecule has 0 atom stereocenters. The minimum atomic E-state index is -4.58. The maximum atomic E-state index is 13.0. The van der Waals surface area contributed by atoms with Crippen molar-refractivity contribution in [3.05, 3.63) is 40.4 Å². The quantitative estimate of drug-likeness (QED) is 0.566. The van der Waals surface area contributed by atoms with E-state index in [1.807, 2.05) is 0 Å². The summed E-state index contributed by atoms with van der Waals surface area (Å²) in [5, 5.41) is 5.22. The number of benzene rings is 1. The predicted octanol–water partition coefficient (Wildman–Crippen LogP) is 4.78. The van der Waals surface area contributed by atoms with E-state index in [4.69, 9.17) is 11.6 Å². The van der Waals surface area contributed by atoms with Crippen LogP contribution in [0, 0.1) is 0 Å². The first-order chi connectivity index (χ1) is 11.4. The largest absolute Gasteiger partial charge is 0.418 e. The molecule has 132 valence electrons. The number of carbonyl (C=O) groups excluding carboxylic acids is 1. The van der Waals surface area contributed by atoms with E-state index in [-0.39, 0.29) is 17.3 Å². The second-order valence-electron chi connectivity index (χ2n) is 5.77. The molecule has 0 saturated heterocycles. The highest BCUT2D eigenvalue weighted by atomic mass is 35.5. The Morgan fingerprint density at radius 1 is 1.25 bits per heavy atom. The Kier molecular flexibility index (Phi) is 6.69. The van der Waals surface area contributed by atoms with Crippen molar-refractivity contribution < 1.29 is 18.0 Å². The van der Waals surface area contributed by atoms with Crippen molar-refractivity contribution in [1.82, 2.24) is 5.32 Å². The maximum absolute atomic E-state index is 13.0. The van der Waals surface area contributed by atoms with Crippen molar-refractivity contribution in [2.75, 3.05) is 18.4 Å². The SMILES string of the molecule is O=C(CNCCC1=CCCCC1)Nc1ccc(Cl)cc1C(F)(F)F. The lowest BCUT2D eigenvalue weighted by atomic mass is 9.97. The summed E-state index contributed by atoms with van der Waals surface area (Å²) in [6.45, 7) is 0.596. The van der Waals surface area contributed by atoms with Crippen molar-refractivity contribution in [1.29, 1.82) is 0 Å². The average Bonchev–Trinajstić information content (AvgIpc) is 2.53. The summed E-state index contributed by atoms with van der Waals surface area (Å²) in [5.74, 6) is -0.513. The zero-order valence-corrected chi connectivity index (χ0v) is 13.9. The van der Waals surface area contributed by atoms with Gasteiger partial charge in [0, 0.05) is 5.02 Å². The van der Waals surface area contributed by atoms with Crippen LogP contribution in [-0.4, -0.2) is 19.0 Å². The summed E-state index contributed by atoms with van der Waals surface area (Å²) in [5.41, 5.74) is 0.149. The fourth-order valence-electron chi connectivity index (χ4n) is 2.64. The van der Waals surface area contributed by atoms with Gasteiger partial charge in [-0.1, -0.05) is 23.3 Å². The first-order valence-electron chi connectivity index (χ1n) is 7.91. The molecule has 0 unspecified atom stereocenters. The topological polar surface area (TPSA) is 41.1 Å². The highest BCUT2D eigenvalue weighted by Gasteiger charge is 2.34. The van der Waals surface area contributed by atoms with Gasteiger partial charge < -0.3 is 10.6 Å². The molecule has 2 rings (SSSR count). The van der Waals surface area contributed by atoms with Crippen LogP contribution in [0.25, 0.3) is 0 Å². The van der Waals surface area contributed by atoms with Crippen molar-refractivity contribution >= 4 is 23.2 Å². The van der Waals surface area contributed by atoms with E-state index in [1.165, 1.54) is 24.5 Å². The van der Waals surface area contributed by atoms with E-state index in [2.05, 4.69) is 16.7 Å². The van der Waals surface area contributed by atoms with Crippen LogP contribution in [0.4, 0.5) is 18.9 Å². The van der Waals surface area contributed by atoms with Gasteiger partial charge in [-0.3, -0.25) is 4.79 Å². The van der Waals surface area contributed by atoms with Gasteiger partial charge in [-0.2, -0.15) is 13.2 Å². The molecule has 1 aliphatic rings. The minimum Gasteiger partial charge on any atom is -0.324 e. The third-order valence-electron chi connectivity index (χ3n) is 3.85. The highest BCUT2D eigenvalue weighted by Crippen LogP contribution is 2.36. The van der Waals surface area contributed by atoms with Crippen LogP contribution in [0.2, 0.25) is 5.02 Å². The van der Waals surface area contributed by atoms with Gasteiger partial charge in [0.15, 0.2) is 0 Å². The number of rotatable bonds is 6. The van der Waals surface area contributed by atoms with E-state index in [1.54, 1.807) is 0 Å². The second kappa shape index (κ2) is 8.53. The third-order valence-corrected chi connectivity index (χ3v) is 4.09. The second-order valence-corrected chi connectivity index (χ2v) is 6.21. The summed E-state index contributed by atoms with van der Waals surface area (Å²) >= 11 is 5.61. The monoisotopic (exact) mass is 360 g/mol. The Labute approximate surface area is 144 Å². The van der Waals surface area contributed by atoms with Crippen molar-refractivity contribution in [3.8, 4) is 0 Å². The summed E-state index contributed by atoms with van der Waals surface area (Å²) in [4.78, 5) is 11.8. The number of carbonyl (C=O) groups is 1. The molecule has 1 amide bonds. The summed E-state index contributed by atoms with van der Waals surface area (Å²) < 4.78 is 38.9. The van der Waals surface area contributed by atoms with Crippen LogP contribution >= 0.6 is 11.6 Å². The van der Waals surface area contributed by atoms with Gasteiger partial charge in [0.1, 0.15) is 0 Å². The molecule has 24 heavy (non-hydrogen) atoms. The van der Waals surface area contributed by atoms with Crippen LogP contribution < -0.4 is 10.6 Å². The molecule has 1 aliphatic carbocycles. The lowest BCUT2D eigenvalue weighted by Crippen LogP contribution is -2.29. The third kappa shape index (κ3) is 5.83. The molecular weight excluding hydrogens is 341 g/mol. The maximum Gasteiger partial charge on any atom is 0.418 e. The van der Waals surface area contributed by atoms with Crippen LogP contribution in [0.3, 0.4) is 0 Å². The average molecular weight is 361 g/mol. The number of amides is 1. The standard InChI is InChI=1S/C17H20ClF3N2O/c18-13-6-7-15(14(10-13)17(19,20)21)23-16(24)11-22-9-8-12-4-2-1-3-5-12/h4,6-7,10,22H,1-3,5,8-9,11H2,(H,23,24). The summed E-state index contributed by atoms with van der Waals surface area (Å²) in [7, 11) is 0. The van der Waals surface area contributed by atoms with Gasteiger partial charge in [-0.05, 0) is 56.8 Å². The van der Waals surface area contributed by atoms with E-state index >= 15 is 0 Å². The van der Waals surface area contributed by atoms with Crippen LogP contribution in [0.15, 0.2) is 29.8 Å². The zero-order chi connectivity index (χ0) is 17.6. The lowest BCUT2D eigenvalue weighted by molar-refractivity contribution is -0.137. The molecule has 0 bridgehead atoms. The fraction of sp³-hybridized carbons (Fsp3) is 0.471. The smallest absolute Gasteiger partial charge is 0.324 e. The molecule has 0 aliphatic heterocycles. The van der Waals surface area contributed by atoms with Gasteiger partial charge in [0.2, 0.25) is 5.91 Å². The van der Waals surface area contributed by atoms with E-state index in [0.717, 1.165) is 31.4 Å². The van der Waals surface area contributed by atoms with E-state index in [0.29, 0.717) is 6.54 Å². The molecule has 2 N–H and O–H groups in total. The van der Waals surface area contributed by atoms with Crippen LogP contribution in [-0.2, 0) is 11.0 Å².